The zero-order valence-corrected chi connectivity index (χ0v) is 17.3. The van der Waals surface area contributed by atoms with E-state index in [1.54, 1.807) is 10.9 Å². The van der Waals surface area contributed by atoms with Gasteiger partial charge >= 0.3 is 0 Å². The first-order valence-electron chi connectivity index (χ1n) is 10.3. The van der Waals surface area contributed by atoms with Crippen LogP contribution < -0.4 is 15.8 Å². The summed E-state index contributed by atoms with van der Waals surface area (Å²) < 4.78 is 1.67. The van der Waals surface area contributed by atoms with Gasteiger partial charge in [-0.15, -0.1) is 0 Å². The maximum atomic E-state index is 12.5. The van der Waals surface area contributed by atoms with Crippen LogP contribution in [0.4, 0.5) is 11.8 Å². The summed E-state index contributed by atoms with van der Waals surface area (Å²) in [5.41, 5.74) is 2.15. The van der Waals surface area contributed by atoms with Crippen LogP contribution in [0, 0.1) is 0 Å². The minimum absolute atomic E-state index is 0.224. The molecule has 0 atom stereocenters. The van der Waals surface area contributed by atoms with Gasteiger partial charge in [-0.25, -0.2) is 9.67 Å². The smallest absolute Gasteiger partial charge is 0.263 e. The van der Waals surface area contributed by atoms with Crippen LogP contribution in [-0.4, -0.2) is 62.9 Å². The zero-order valence-electron chi connectivity index (χ0n) is 17.3. The first kappa shape index (κ1) is 19.3. The van der Waals surface area contributed by atoms with E-state index in [9.17, 15) is 4.79 Å². The molecule has 0 saturated carbocycles. The molecule has 0 aliphatic carbocycles. The molecule has 0 unspecified atom stereocenters. The van der Waals surface area contributed by atoms with Gasteiger partial charge in [0.2, 0.25) is 5.95 Å². The quantitative estimate of drug-likeness (QED) is 0.513. The summed E-state index contributed by atoms with van der Waals surface area (Å²) in [6.07, 6.45) is 3.41. The number of aromatic amines is 1. The molecule has 0 amide bonds. The first-order valence-corrected chi connectivity index (χ1v) is 10.3. The predicted octanol–water partition coefficient (Wildman–Crippen LogP) is 1.87. The first-order chi connectivity index (χ1) is 15.2. The molecule has 4 heterocycles. The molecule has 1 saturated heterocycles. The lowest BCUT2D eigenvalue weighted by molar-refractivity contribution is 0.312. The van der Waals surface area contributed by atoms with Gasteiger partial charge in [-0.3, -0.25) is 9.78 Å². The van der Waals surface area contributed by atoms with Crippen molar-refractivity contribution >= 4 is 22.8 Å². The maximum absolute atomic E-state index is 12.5. The highest BCUT2D eigenvalue weighted by Crippen LogP contribution is 2.16. The molecule has 0 bridgehead atoms. The number of para-hydroxylation sites is 1. The minimum atomic E-state index is -0.224. The van der Waals surface area contributed by atoms with Crippen LogP contribution in [0.25, 0.3) is 16.7 Å². The fourth-order valence-electron chi connectivity index (χ4n) is 3.69. The molecule has 0 spiro atoms. The van der Waals surface area contributed by atoms with Crippen molar-refractivity contribution in [2.45, 2.75) is 6.54 Å². The van der Waals surface area contributed by atoms with Crippen molar-refractivity contribution in [1.29, 1.82) is 0 Å². The summed E-state index contributed by atoms with van der Waals surface area (Å²) in [5.74, 6) is 1.40. The molecule has 0 radical (unpaired) electrons. The van der Waals surface area contributed by atoms with Gasteiger partial charge < -0.3 is 15.1 Å². The SMILES string of the molecule is CN1CCN(c2ccc(CNc3nc4c(cnn4-c4ccccc4)c(=O)[nH]3)cn2)CC1. The maximum Gasteiger partial charge on any atom is 0.263 e. The van der Waals surface area contributed by atoms with E-state index in [-0.39, 0.29) is 5.56 Å². The standard InChI is InChI=1S/C22H24N8O/c1-28-9-11-29(12-10-28)19-8-7-16(13-23-19)14-24-22-26-20-18(21(31)27-22)15-25-30(20)17-5-3-2-4-6-17/h2-8,13,15H,9-12,14H2,1H3,(H2,24,26,27,31). The second kappa shape index (κ2) is 8.19. The molecule has 5 rings (SSSR count). The fourth-order valence-corrected chi connectivity index (χ4v) is 3.69. The summed E-state index contributed by atoms with van der Waals surface area (Å²) in [4.78, 5) is 29.1. The lowest BCUT2D eigenvalue weighted by Gasteiger charge is -2.33. The number of nitrogens with zero attached hydrogens (tertiary/aromatic N) is 6. The number of likely N-dealkylation sites (N-methyl/N-ethyl adjacent to an activating group) is 1. The van der Waals surface area contributed by atoms with Crippen molar-refractivity contribution in [3.63, 3.8) is 0 Å². The summed E-state index contributed by atoms with van der Waals surface area (Å²) in [7, 11) is 2.14. The third kappa shape index (κ3) is 3.99. The van der Waals surface area contributed by atoms with E-state index >= 15 is 0 Å². The number of anilines is 2. The third-order valence-electron chi connectivity index (χ3n) is 5.54. The normalized spacial score (nSPS) is 14.8. The Kier molecular flexibility index (Phi) is 5.09. The largest absolute Gasteiger partial charge is 0.354 e. The van der Waals surface area contributed by atoms with Gasteiger partial charge in [0.05, 0.1) is 11.9 Å². The number of fused-ring (bicyclic) bond motifs is 1. The molecule has 158 valence electrons. The van der Waals surface area contributed by atoms with E-state index in [1.165, 1.54) is 0 Å². The van der Waals surface area contributed by atoms with Gasteiger partial charge in [0, 0.05) is 38.9 Å². The van der Waals surface area contributed by atoms with Crippen LogP contribution in [0.15, 0.2) is 59.7 Å². The van der Waals surface area contributed by atoms with E-state index in [0.717, 1.165) is 43.2 Å². The van der Waals surface area contributed by atoms with Crippen LogP contribution in [0.1, 0.15) is 5.56 Å². The fraction of sp³-hybridized carbons (Fsp3) is 0.273. The van der Waals surface area contributed by atoms with Gasteiger partial charge in [-0.05, 0) is 30.8 Å². The Morgan fingerprint density at radius 1 is 1.03 bits per heavy atom. The van der Waals surface area contributed by atoms with Gasteiger partial charge in [-0.2, -0.15) is 10.1 Å². The van der Waals surface area contributed by atoms with Gasteiger partial charge in [0.15, 0.2) is 5.65 Å². The Morgan fingerprint density at radius 3 is 2.58 bits per heavy atom. The van der Waals surface area contributed by atoms with Crippen LogP contribution >= 0.6 is 0 Å². The minimum Gasteiger partial charge on any atom is -0.354 e. The predicted molar refractivity (Wildman–Crippen MR) is 121 cm³/mol. The molecular formula is C22H24N8O. The van der Waals surface area contributed by atoms with Crippen molar-refractivity contribution in [3.05, 3.63) is 70.8 Å². The number of piperazine rings is 1. The number of aromatic nitrogens is 5. The number of hydrogen-bond acceptors (Lipinski definition) is 7. The summed E-state index contributed by atoms with van der Waals surface area (Å²) in [5, 5.41) is 7.98. The average molecular weight is 416 g/mol. The number of rotatable bonds is 5. The van der Waals surface area contributed by atoms with Crippen molar-refractivity contribution in [2.75, 3.05) is 43.4 Å². The van der Waals surface area contributed by atoms with E-state index < -0.39 is 0 Å². The van der Waals surface area contributed by atoms with E-state index in [1.807, 2.05) is 42.6 Å². The van der Waals surface area contributed by atoms with Crippen molar-refractivity contribution in [2.24, 2.45) is 0 Å². The number of benzene rings is 1. The van der Waals surface area contributed by atoms with Crippen LogP contribution in [0.5, 0.6) is 0 Å². The van der Waals surface area contributed by atoms with Crippen LogP contribution in [0.2, 0.25) is 0 Å². The highest BCUT2D eigenvalue weighted by Gasteiger charge is 2.15. The van der Waals surface area contributed by atoms with Crippen LogP contribution in [0.3, 0.4) is 0 Å². The van der Waals surface area contributed by atoms with Gasteiger partial charge in [0.1, 0.15) is 11.2 Å². The topological polar surface area (TPSA) is 95.0 Å². The molecule has 3 aromatic heterocycles. The molecule has 1 aliphatic rings. The molecule has 2 N–H and O–H groups in total. The van der Waals surface area contributed by atoms with Crippen molar-refractivity contribution < 1.29 is 0 Å². The second-order valence-corrected chi connectivity index (χ2v) is 7.71. The molecule has 9 nitrogen and oxygen atoms in total. The molecule has 4 aromatic rings. The van der Waals surface area contributed by atoms with E-state index in [2.05, 4.69) is 48.3 Å². The summed E-state index contributed by atoms with van der Waals surface area (Å²) in [6, 6.07) is 13.7. The average Bonchev–Trinajstić information content (AvgIpc) is 3.24. The summed E-state index contributed by atoms with van der Waals surface area (Å²) in [6.45, 7) is 4.57. The van der Waals surface area contributed by atoms with Gasteiger partial charge in [0.25, 0.3) is 5.56 Å². The van der Waals surface area contributed by atoms with Crippen molar-refractivity contribution in [3.8, 4) is 5.69 Å². The Balaban J connectivity index is 1.32. The molecular weight excluding hydrogens is 392 g/mol. The van der Waals surface area contributed by atoms with E-state index in [0.29, 0.717) is 23.5 Å². The third-order valence-corrected chi connectivity index (χ3v) is 5.54. The number of pyridine rings is 1. The highest BCUT2D eigenvalue weighted by atomic mass is 16.1. The summed E-state index contributed by atoms with van der Waals surface area (Å²) >= 11 is 0. The molecule has 1 aromatic carbocycles. The molecule has 9 heteroatoms. The van der Waals surface area contributed by atoms with Crippen molar-refractivity contribution in [1.82, 2.24) is 29.6 Å². The number of H-pyrrole nitrogens is 1. The highest BCUT2D eigenvalue weighted by molar-refractivity contribution is 5.76. The lowest BCUT2D eigenvalue weighted by atomic mass is 10.2. The second-order valence-electron chi connectivity index (χ2n) is 7.71. The van der Waals surface area contributed by atoms with E-state index in [4.69, 9.17) is 0 Å². The van der Waals surface area contributed by atoms with Gasteiger partial charge in [-0.1, -0.05) is 24.3 Å². The van der Waals surface area contributed by atoms with Crippen LogP contribution in [-0.2, 0) is 6.54 Å². The molecule has 1 aliphatic heterocycles. The Hall–Kier alpha value is -3.72. The molecule has 31 heavy (non-hydrogen) atoms. The molecule has 1 fully saturated rings. The number of nitrogens with one attached hydrogen (secondary N) is 2. The Labute approximate surface area is 179 Å². The monoisotopic (exact) mass is 416 g/mol. The Bertz CT molecular complexity index is 1220. The Morgan fingerprint density at radius 2 is 1.84 bits per heavy atom. The zero-order chi connectivity index (χ0) is 21.2. The lowest BCUT2D eigenvalue weighted by Crippen LogP contribution is -2.44. The number of hydrogen-bond donors (Lipinski definition) is 2.